The molecule has 2 heterocycles. The molecule has 2 aromatic heterocycles. The van der Waals surface area contributed by atoms with Gasteiger partial charge >= 0.3 is 0 Å². The molecular formula is C16H15NO2S. The number of benzene rings is 1. The number of fused-ring (bicyclic) bond motifs is 1. The summed E-state index contributed by atoms with van der Waals surface area (Å²) in [5.74, 6) is 0.793. The summed E-state index contributed by atoms with van der Waals surface area (Å²) >= 11 is 1.60. The summed E-state index contributed by atoms with van der Waals surface area (Å²) in [6, 6.07) is 11.7. The Kier molecular flexibility index (Phi) is 3.56. The molecule has 0 radical (unpaired) electrons. The van der Waals surface area contributed by atoms with E-state index in [0.717, 1.165) is 22.3 Å². The highest BCUT2D eigenvalue weighted by Crippen LogP contribution is 2.23. The lowest BCUT2D eigenvalue weighted by atomic mass is 10.2. The first-order valence-electron chi connectivity index (χ1n) is 6.51. The molecule has 3 aromatic rings. The van der Waals surface area contributed by atoms with E-state index in [1.165, 1.54) is 0 Å². The Bertz CT molecular complexity index is 682. The van der Waals surface area contributed by atoms with Crippen LogP contribution in [0, 0.1) is 0 Å². The number of furan rings is 1. The third kappa shape index (κ3) is 2.75. The molecule has 1 amide bonds. The Balaban J connectivity index is 1.69. The van der Waals surface area contributed by atoms with Gasteiger partial charge in [0.25, 0.3) is 0 Å². The number of nitrogens with one attached hydrogen (secondary N) is 1. The summed E-state index contributed by atoms with van der Waals surface area (Å²) < 4.78 is 5.75. The standard InChI is InChI=1S/C16H15NO2S/c1-11(17-16(18)8-12-6-7-20-10-12)15-9-13-4-2-3-5-14(13)19-15/h2-7,9-11H,8H2,1H3,(H,17,18). The lowest BCUT2D eigenvalue weighted by molar-refractivity contribution is -0.121. The maximum absolute atomic E-state index is 12.0. The number of para-hydroxylation sites is 1. The second kappa shape index (κ2) is 5.51. The van der Waals surface area contributed by atoms with Crippen LogP contribution in [0.5, 0.6) is 0 Å². The van der Waals surface area contributed by atoms with Gasteiger partial charge in [-0.2, -0.15) is 11.3 Å². The van der Waals surface area contributed by atoms with Crippen LogP contribution in [0.15, 0.2) is 51.6 Å². The van der Waals surface area contributed by atoms with Gasteiger partial charge in [-0.15, -0.1) is 0 Å². The van der Waals surface area contributed by atoms with Crippen LogP contribution in [0.3, 0.4) is 0 Å². The SMILES string of the molecule is CC(NC(=O)Cc1ccsc1)c1cc2ccccc2o1. The highest BCUT2D eigenvalue weighted by molar-refractivity contribution is 7.07. The van der Waals surface area contributed by atoms with Crippen molar-refractivity contribution in [1.29, 1.82) is 0 Å². The summed E-state index contributed by atoms with van der Waals surface area (Å²) in [6.45, 7) is 1.93. The van der Waals surface area contributed by atoms with E-state index >= 15 is 0 Å². The normalized spacial score (nSPS) is 12.4. The molecule has 20 heavy (non-hydrogen) atoms. The average molecular weight is 285 g/mol. The zero-order valence-corrected chi connectivity index (χ0v) is 11.9. The van der Waals surface area contributed by atoms with E-state index in [4.69, 9.17) is 4.42 Å². The Morgan fingerprint density at radius 2 is 2.20 bits per heavy atom. The van der Waals surface area contributed by atoms with Crippen molar-refractivity contribution in [2.24, 2.45) is 0 Å². The number of hydrogen-bond donors (Lipinski definition) is 1. The largest absolute Gasteiger partial charge is 0.459 e. The first-order chi connectivity index (χ1) is 9.72. The van der Waals surface area contributed by atoms with Crippen molar-refractivity contribution in [3.8, 4) is 0 Å². The first-order valence-corrected chi connectivity index (χ1v) is 7.45. The van der Waals surface area contributed by atoms with Crippen molar-refractivity contribution >= 4 is 28.2 Å². The molecule has 1 atom stereocenters. The van der Waals surface area contributed by atoms with Crippen LogP contribution in [-0.2, 0) is 11.2 Å². The van der Waals surface area contributed by atoms with E-state index in [2.05, 4.69) is 5.32 Å². The second-order valence-corrected chi connectivity index (χ2v) is 5.56. The number of hydrogen-bond acceptors (Lipinski definition) is 3. The predicted octanol–water partition coefficient (Wildman–Crippen LogP) is 3.91. The zero-order valence-electron chi connectivity index (χ0n) is 11.1. The third-order valence-electron chi connectivity index (χ3n) is 3.19. The average Bonchev–Trinajstić information content (AvgIpc) is 3.06. The van der Waals surface area contributed by atoms with Crippen molar-refractivity contribution in [3.05, 3.63) is 58.5 Å². The van der Waals surface area contributed by atoms with Gasteiger partial charge in [-0.05, 0) is 41.4 Å². The monoisotopic (exact) mass is 285 g/mol. The van der Waals surface area contributed by atoms with Crippen LogP contribution in [0.25, 0.3) is 11.0 Å². The number of rotatable bonds is 4. The zero-order chi connectivity index (χ0) is 13.9. The van der Waals surface area contributed by atoms with Gasteiger partial charge < -0.3 is 9.73 Å². The van der Waals surface area contributed by atoms with Crippen molar-refractivity contribution in [2.75, 3.05) is 0 Å². The summed E-state index contributed by atoms with van der Waals surface area (Å²) in [7, 11) is 0. The quantitative estimate of drug-likeness (QED) is 0.789. The van der Waals surface area contributed by atoms with E-state index in [1.54, 1.807) is 11.3 Å². The molecule has 0 aliphatic rings. The van der Waals surface area contributed by atoms with E-state index in [-0.39, 0.29) is 11.9 Å². The van der Waals surface area contributed by atoms with Gasteiger partial charge in [0, 0.05) is 5.39 Å². The molecule has 0 saturated heterocycles. The van der Waals surface area contributed by atoms with Crippen molar-refractivity contribution in [1.82, 2.24) is 5.32 Å². The molecule has 1 N–H and O–H groups in total. The third-order valence-corrected chi connectivity index (χ3v) is 3.93. The van der Waals surface area contributed by atoms with Crippen LogP contribution in [0.2, 0.25) is 0 Å². The van der Waals surface area contributed by atoms with Crippen LogP contribution in [-0.4, -0.2) is 5.91 Å². The minimum atomic E-state index is -0.131. The van der Waals surface area contributed by atoms with Crippen LogP contribution in [0.4, 0.5) is 0 Å². The Hall–Kier alpha value is -2.07. The first kappa shape index (κ1) is 12.9. The van der Waals surface area contributed by atoms with Gasteiger partial charge in [0.05, 0.1) is 12.5 Å². The van der Waals surface area contributed by atoms with E-state index < -0.39 is 0 Å². The van der Waals surface area contributed by atoms with Crippen molar-refractivity contribution in [3.63, 3.8) is 0 Å². The Morgan fingerprint density at radius 3 is 2.95 bits per heavy atom. The summed E-state index contributed by atoms with van der Waals surface area (Å²) in [5.41, 5.74) is 1.89. The molecule has 4 heteroatoms. The van der Waals surface area contributed by atoms with Gasteiger partial charge in [-0.1, -0.05) is 18.2 Å². The highest BCUT2D eigenvalue weighted by Gasteiger charge is 2.14. The van der Waals surface area contributed by atoms with Gasteiger partial charge in [0.1, 0.15) is 11.3 Å². The molecule has 3 nitrogen and oxygen atoms in total. The smallest absolute Gasteiger partial charge is 0.225 e. The van der Waals surface area contributed by atoms with E-state index in [0.29, 0.717) is 6.42 Å². The van der Waals surface area contributed by atoms with E-state index in [1.807, 2.05) is 54.1 Å². The lowest BCUT2D eigenvalue weighted by Gasteiger charge is -2.10. The molecule has 0 spiro atoms. The number of carbonyl (C=O) groups is 1. The molecule has 0 aliphatic heterocycles. The predicted molar refractivity (Wildman–Crippen MR) is 80.8 cm³/mol. The molecule has 1 aromatic carbocycles. The van der Waals surface area contributed by atoms with E-state index in [9.17, 15) is 4.79 Å². The van der Waals surface area contributed by atoms with Gasteiger partial charge in [0.15, 0.2) is 0 Å². The van der Waals surface area contributed by atoms with Crippen LogP contribution >= 0.6 is 11.3 Å². The molecule has 0 bridgehead atoms. The van der Waals surface area contributed by atoms with Gasteiger partial charge in [-0.25, -0.2) is 0 Å². The molecule has 1 unspecified atom stereocenters. The maximum Gasteiger partial charge on any atom is 0.225 e. The van der Waals surface area contributed by atoms with Crippen LogP contribution in [0.1, 0.15) is 24.3 Å². The topological polar surface area (TPSA) is 42.2 Å². The minimum absolute atomic E-state index is 0.0105. The molecule has 0 saturated carbocycles. The maximum atomic E-state index is 12.0. The summed E-state index contributed by atoms with van der Waals surface area (Å²) in [4.78, 5) is 12.0. The van der Waals surface area contributed by atoms with Crippen molar-refractivity contribution < 1.29 is 9.21 Å². The number of thiophene rings is 1. The molecule has 0 aliphatic carbocycles. The fourth-order valence-electron chi connectivity index (χ4n) is 2.16. The number of carbonyl (C=O) groups excluding carboxylic acids is 1. The summed E-state index contributed by atoms with van der Waals surface area (Å²) in [5, 5.41) is 7.99. The van der Waals surface area contributed by atoms with Gasteiger partial charge in [0.2, 0.25) is 5.91 Å². The Morgan fingerprint density at radius 1 is 1.35 bits per heavy atom. The van der Waals surface area contributed by atoms with Crippen molar-refractivity contribution in [2.45, 2.75) is 19.4 Å². The minimum Gasteiger partial charge on any atom is -0.459 e. The molecular weight excluding hydrogens is 270 g/mol. The molecule has 0 fully saturated rings. The molecule has 3 rings (SSSR count). The second-order valence-electron chi connectivity index (χ2n) is 4.78. The van der Waals surface area contributed by atoms with Crippen LogP contribution < -0.4 is 5.32 Å². The Labute approximate surface area is 121 Å². The summed E-state index contributed by atoms with van der Waals surface area (Å²) in [6.07, 6.45) is 0.411. The fraction of sp³-hybridized carbons (Fsp3) is 0.188. The molecule has 102 valence electrons. The lowest BCUT2D eigenvalue weighted by Crippen LogP contribution is -2.27. The fourth-order valence-corrected chi connectivity index (χ4v) is 2.83. The highest BCUT2D eigenvalue weighted by atomic mass is 32.1. The van der Waals surface area contributed by atoms with Gasteiger partial charge in [-0.3, -0.25) is 4.79 Å². The number of amides is 1.